The van der Waals surface area contributed by atoms with E-state index in [1.54, 1.807) is 25.0 Å². The van der Waals surface area contributed by atoms with Crippen LogP contribution >= 0.6 is 11.3 Å². The van der Waals surface area contributed by atoms with Gasteiger partial charge in [-0.3, -0.25) is 0 Å². The summed E-state index contributed by atoms with van der Waals surface area (Å²) in [5.74, 6) is -0.507. The van der Waals surface area contributed by atoms with Gasteiger partial charge in [0.15, 0.2) is 5.65 Å². The molecule has 0 radical (unpaired) electrons. The topological polar surface area (TPSA) is 77.8 Å². The molecule has 0 aliphatic rings. The molecule has 0 spiro atoms. The number of halogens is 2. The average Bonchev–Trinajstić information content (AvgIpc) is 3.42. The number of hydrogen-bond acceptors (Lipinski definition) is 7. The molecule has 0 amide bonds. The summed E-state index contributed by atoms with van der Waals surface area (Å²) < 4.78 is 35.9. The molecule has 0 bridgehead atoms. The van der Waals surface area contributed by atoms with E-state index >= 15 is 0 Å². The van der Waals surface area contributed by atoms with E-state index in [9.17, 15) is 8.78 Å². The average molecular weight is 450 g/mol. The summed E-state index contributed by atoms with van der Waals surface area (Å²) in [5.41, 5.74) is 4.93. The molecule has 0 aliphatic heterocycles. The number of anilines is 2. The van der Waals surface area contributed by atoms with Crippen molar-refractivity contribution in [2.24, 2.45) is 0 Å². The number of thiazole rings is 1. The fraction of sp³-hybridized carbons (Fsp3) is 0.0909. The van der Waals surface area contributed by atoms with Gasteiger partial charge in [0.25, 0.3) is 0 Å². The van der Waals surface area contributed by atoms with Crippen LogP contribution in [-0.4, -0.2) is 31.6 Å². The third-order valence-electron chi connectivity index (χ3n) is 4.81. The van der Waals surface area contributed by atoms with Gasteiger partial charge in [0.2, 0.25) is 5.95 Å². The lowest BCUT2D eigenvalue weighted by atomic mass is 10.1. The van der Waals surface area contributed by atoms with Crippen LogP contribution in [0.25, 0.3) is 27.3 Å². The zero-order chi connectivity index (χ0) is 22.2. The maximum absolute atomic E-state index is 14.5. The summed E-state index contributed by atoms with van der Waals surface area (Å²) in [7, 11) is 1.58. The van der Waals surface area contributed by atoms with Crippen molar-refractivity contribution < 1.29 is 13.5 Å². The number of aromatic nitrogens is 5. The first kappa shape index (κ1) is 20.0. The van der Waals surface area contributed by atoms with Crippen molar-refractivity contribution >= 4 is 33.3 Å². The molecule has 0 fully saturated rings. The van der Waals surface area contributed by atoms with Gasteiger partial charge in [-0.15, -0.1) is 11.3 Å². The van der Waals surface area contributed by atoms with Crippen molar-refractivity contribution in [3.63, 3.8) is 0 Å². The van der Waals surface area contributed by atoms with Gasteiger partial charge < -0.3 is 14.6 Å². The maximum Gasteiger partial charge on any atom is 0.229 e. The highest BCUT2D eigenvalue weighted by atomic mass is 32.1. The van der Waals surface area contributed by atoms with E-state index in [0.717, 1.165) is 17.4 Å². The SMILES string of the molecule is COc1cc(Nc2nc(-c3ccc(F)cc3F)c3scnc3n2)ccc1-n1cnc(C)c1. The number of methoxy groups -OCH3 is 1. The lowest BCUT2D eigenvalue weighted by Crippen LogP contribution is -2.02. The van der Waals surface area contributed by atoms with Crippen LogP contribution in [0.4, 0.5) is 20.4 Å². The number of rotatable bonds is 5. The predicted octanol–water partition coefficient (Wildman–Crippen LogP) is 5.28. The lowest BCUT2D eigenvalue weighted by molar-refractivity contribution is 0.413. The first-order valence-electron chi connectivity index (χ1n) is 9.54. The highest BCUT2D eigenvalue weighted by molar-refractivity contribution is 7.17. The molecule has 0 unspecified atom stereocenters. The smallest absolute Gasteiger partial charge is 0.229 e. The van der Waals surface area contributed by atoms with Crippen LogP contribution < -0.4 is 10.1 Å². The van der Waals surface area contributed by atoms with Crippen LogP contribution in [0.5, 0.6) is 5.75 Å². The molecule has 0 aliphatic carbocycles. The molecule has 5 aromatic rings. The first-order chi connectivity index (χ1) is 15.5. The van der Waals surface area contributed by atoms with Crippen LogP contribution in [0.3, 0.4) is 0 Å². The maximum atomic E-state index is 14.5. The Morgan fingerprint density at radius 1 is 1.06 bits per heavy atom. The van der Waals surface area contributed by atoms with Gasteiger partial charge in [-0.05, 0) is 31.2 Å². The van der Waals surface area contributed by atoms with Crippen LogP contribution in [0.1, 0.15) is 5.69 Å². The van der Waals surface area contributed by atoms with E-state index in [0.29, 0.717) is 27.5 Å². The number of fused-ring (bicyclic) bond motifs is 1. The van der Waals surface area contributed by atoms with E-state index < -0.39 is 11.6 Å². The third-order valence-corrected chi connectivity index (χ3v) is 5.63. The minimum absolute atomic E-state index is 0.175. The zero-order valence-corrected chi connectivity index (χ0v) is 17.8. The van der Waals surface area contributed by atoms with Gasteiger partial charge in [-0.25, -0.2) is 23.7 Å². The van der Waals surface area contributed by atoms with Crippen LogP contribution in [0.2, 0.25) is 0 Å². The summed E-state index contributed by atoms with van der Waals surface area (Å²) in [6.45, 7) is 1.91. The van der Waals surface area contributed by atoms with E-state index in [1.807, 2.05) is 29.8 Å². The summed E-state index contributed by atoms with van der Waals surface area (Å²) in [5, 5.41) is 3.13. The fourth-order valence-corrected chi connectivity index (χ4v) is 4.06. The Kier molecular flexibility index (Phi) is 4.98. The Hall–Kier alpha value is -3.92. The molecule has 0 saturated heterocycles. The number of benzene rings is 2. The van der Waals surface area contributed by atoms with Crippen molar-refractivity contribution in [3.8, 4) is 22.7 Å². The Bertz CT molecular complexity index is 1450. The Morgan fingerprint density at radius 3 is 2.69 bits per heavy atom. The second kappa shape index (κ2) is 7.97. The molecule has 5 rings (SSSR count). The van der Waals surface area contributed by atoms with Crippen LogP contribution in [0, 0.1) is 18.6 Å². The van der Waals surface area contributed by atoms with E-state index in [-0.39, 0.29) is 11.5 Å². The normalized spacial score (nSPS) is 11.1. The molecule has 1 N–H and O–H groups in total. The number of imidazole rings is 1. The minimum Gasteiger partial charge on any atom is -0.494 e. The molecule has 0 atom stereocenters. The van der Waals surface area contributed by atoms with Gasteiger partial charge in [0.1, 0.15) is 17.4 Å². The number of hydrogen-bond donors (Lipinski definition) is 1. The molecule has 2 aromatic carbocycles. The van der Waals surface area contributed by atoms with Crippen molar-refractivity contribution in [1.29, 1.82) is 0 Å². The predicted molar refractivity (Wildman–Crippen MR) is 119 cm³/mol. The molecular formula is C22H16F2N6OS. The Balaban J connectivity index is 1.55. The third kappa shape index (κ3) is 3.65. The summed E-state index contributed by atoms with van der Waals surface area (Å²) in [6.07, 6.45) is 3.61. The quantitative estimate of drug-likeness (QED) is 0.393. The fourth-order valence-electron chi connectivity index (χ4n) is 3.33. The number of nitrogens with one attached hydrogen (secondary N) is 1. The number of nitrogens with zero attached hydrogens (tertiary/aromatic N) is 5. The van der Waals surface area contributed by atoms with Crippen molar-refractivity contribution in [2.75, 3.05) is 12.4 Å². The molecule has 7 nitrogen and oxygen atoms in total. The second-order valence-electron chi connectivity index (χ2n) is 6.96. The van der Waals surface area contributed by atoms with Gasteiger partial charge in [-0.2, -0.15) is 4.98 Å². The lowest BCUT2D eigenvalue weighted by Gasteiger charge is -2.13. The molecule has 160 valence electrons. The van der Waals surface area contributed by atoms with Gasteiger partial charge in [0.05, 0.1) is 40.7 Å². The van der Waals surface area contributed by atoms with Crippen molar-refractivity contribution in [2.45, 2.75) is 6.92 Å². The van der Waals surface area contributed by atoms with Crippen LogP contribution in [-0.2, 0) is 0 Å². The summed E-state index contributed by atoms with van der Waals surface area (Å²) in [6, 6.07) is 8.92. The second-order valence-corrected chi connectivity index (χ2v) is 7.81. The largest absolute Gasteiger partial charge is 0.494 e. The molecule has 3 heterocycles. The molecule has 10 heteroatoms. The van der Waals surface area contributed by atoms with E-state index in [1.165, 1.54) is 23.5 Å². The monoisotopic (exact) mass is 450 g/mol. The summed E-state index contributed by atoms with van der Waals surface area (Å²) in [4.78, 5) is 17.4. The van der Waals surface area contributed by atoms with E-state index in [2.05, 4.69) is 25.3 Å². The zero-order valence-electron chi connectivity index (χ0n) is 17.0. The van der Waals surface area contributed by atoms with Gasteiger partial charge in [0, 0.05) is 29.6 Å². The molecule has 32 heavy (non-hydrogen) atoms. The van der Waals surface area contributed by atoms with Crippen LogP contribution in [0.15, 0.2) is 54.4 Å². The molecular weight excluding hydrogens is 434 g/mol. The number of ether oxygens (including phenoxy) is 1. The standard InChI is InChI=1S/C22H16F2N6OS/c1-12-9-30(10-25-12)17-6-4-14(8-18(17)31-2)27-22-28-19(20-21(29-22)26-11-32-20)15-5-3-13(23)7-16(15)24/h3-11H,1-2H3,(H,27,28,29). The molecule has 3 aromatic heterocycles. The molecule has 0 saturated carbocycles. The first-order valence-corrected chi connectivity index (χ1v) is 10.4. The Morgan fingerprint density at radius 2 is 1.94 bits per heavy atom. The number of aryl methyl sites for hydroxylation is 1. The van der Waals surface area contributed by atoms with Crippen molar-refractivity contribution in [1.82, 2.24) is 24.5 Å². The van der Waals surface area contributed by atoms with Gasteiger partial charge >= 0.3 is 0 Å². The minimum atomic E-state index is -0.703. The Labute approximate surface area is 185 Å². The van der Waals surface area contributed by atoms with Gasteiger partial charge in [-0.1, -0.05) is 0 Å². The summed E-state index contributed by atoms with van der Waals surface area (Å²) >= 11 is 1.29. The highest BCUT2D eigenvalue weighted by Gasteiger charge is 2.17. The van der Waals surface area contributed by atoms with E-state index in [4.69, 9.17) is 4.74 Å². The van der Waals surface area contributed by atoms with Crippen molar-refractivity contribution in [3.05, 3.63) is 71.8 Å². The highest BCUT2D eigenvalue weighted by Crippen LogP contribution is 2.33.